The van der Waals surface area contributed by atoms with Crippen LogP contribution in [-0.4, -0.2) is 97.1 Å². The number of carbonyl (C=O) groups excluding carboxylic acids is 2. The van der Waals surface area contributed by atoms with E-state index in [0.29, 0.717) is 26.1 Å². The zero-order valence-electron chi connectivity index (χ0n) is 12.9. The van der Waals surface area contributed by atoms with Crippen LogP contribution >= 0.6 is 0 Å². The number of likely N-dealkylation sites (tertiary alicyclic amines) is 1. The summed E-state index contributed by atoms with van der Waals surface area (Å²) in [6, 6.07) is -0.0865. The number of aliphatic hydroxyl groups is 1. The van der Waals surface area contributed by atoms with Gasteiger partial charge in [0, 0.05) is 38.8 Å². The lowest BCUT2D eigenvalue weighted by molar-refractivity contribution is -0.152. The Morgan fingerprint density at radius 3 is 2.71 bits per heavy atom. The van der Waals surface area contributed by atoms with E-state index in [1.807, 2.05) is 19.0 Å². The van der Waals surface area contributed by atoms with E-state index in [4.69, 9.17) is 0 Å². The van der Waals surface area contributed by atoms with Crippen LogP contribution in [0.2, 0.25) is 0 Å². The summed E-state index contributed by atoms with van der Waals surface area (Å²) in [6.07, 6.45) is 0.874. The molecule has 2 N–H and O–H groups in total. The van der Waals surface area contributed by atoms with Crippen LogP contribution in [0.3, 0.4) is 0 Å². The smallest absolute Gasteiger partial charge is 0.312 e. The van der Waals surface area contributed by atoms with Crippen molar-refractivity contribution < 1.29 is 14.7 Å². The second-order valence-corrected chi connectivity index (χ2v) is 6.16. The summed E-state index contributed by atoms with van der Waals surface area (Å²) in [5, 5.41) is 13.0. The molecule has 21 heavy (non-hydrogen) atoms. The van der Waals surface area contributed by atoms with E-state index >= 15 is 0 Å². The van der Waals surface area contributed by atoms with Crippen LogP contribution in [0.1, 0.15) is 12.8 Å². The summed E-state index contributed by atoms with van der Waals surface area (Å²) < 4.78 is 0. The van der Waals surface area contributed by atoms with Gasteiger partial charge in [0.05, 0.1) is 6.10 Å². The predicted octanol–water partition coefficient (Wildman–Crippen LogP) is -1.67. The number of nitrogens with one attached hydrogen (secondary N) is 1. The summed E-state index contributed by atoms with van der Waals surface area (Å²) >= 11 is 0. The molecule has 2 aliphatic rings. The lowest BCUT2D eigenvalue weighted by atomic mass is 10.2. The van der Waals surface area contributed by atoms with Crippen molar-refractivity contribution in [2.24, 2.45) is 0 Å². The molecule has 2 aliphatic heterocycles. The molecule has 7 heteroatoms. The number of aliphatic hydroxyl groups excluding tert-OH is 1. The lowest BCUT2D eigenvalue weighted by Gasteiger charge is -2.28. The molecule has 2 saturated heterocycles. The topological polar surface area (TPSA) is 76.1 Å². The molecule has 0 saturated carbocycles. The molecule has 0 radical (unpaired) electrons. The highest BCUT2D eigenvalue weighted by Crippen LogP contribution is 2.19. The Balaban J connectivity index is 2.00. The van der Waals surface area contributed by atoms with E-state index in [-0.39, 0.29) is 12.6 Å². The van der Waals surface area contributed by atoms with Crippen molar-refractivity contribution in [2.45, 2.75) is 25.0 Å². The van der Waals surface area contributed by atoms with Gasteiger partial charge in [0.15, 0.2) is 0 Å². The number of hydrogen-bond donors (Lipinski definition) is 2. The van der Waals surface area contributed by atoms with Crippen molar-refractivity contribution in [3.05, 3.63) is 0 Å². The molecule has 2 amide bonds. The molecule has 0 aliphatic carbocycles. The first kappa shape index (κ1) is 16.2. The molecule has 0 bridgehead atoms. The van der Waals surface area contributed by atoms with Crippen molar-refractivity contribution in [1.82, 2.24) is 20.0 Å². The van der Waals surface area contributed by atoms with Crippen LogP contribution in [0.4, 0.5) is 0 Å². The number of carbonyl (C=O) groups is 2. The molecule has 0 aromatic carbocycles. The second kappa shape index (κ2) is 7.20. The van der Waals surface area contributed by atoms with Gasteiger partial charge in [-0.05, 0) is 33.5 Å². The highest BCUT2D eigenvalue weighted by atomic mass is 16.3. The van der Waals surface area contributed by atoms with Gasteiger partial charge in [-0.25, -0.2) is 0 Å². The average molecular weight is 298 g/mol. The van der Waals surface area contributed by atoms with Gasteiger partial charge in [-0.3, -0.25) is 9.59 Å². The molecule has 7 nitrogen and oxygen atoms in total. The van der Waals surface area contributed by atoms with Crippen molar-refractivity contribution in [3.8, 4) is 0 Å². The van der Waals surface area contributed by atoms with E-state index < -0.39 is 17.9 Å². The monoisotopic (exact) mass is 298 g/mol. The fourth-order valence-electron chi connectivity index (χ4n) is 3.04. The van der Waals surface area contributed by atoms with E-state index in [9.17, 15) is 14.7 Å². The zero-order chi connectivity index (χ0) is 15.4. The first-order chi connectivity index (χ1) is 9.99. The van der Waals surface area contributed by atoms with Crippen molar-refractivity contribution in [3.63, 3.8) is 0 Å². The summed E-state index contributed by atoms with van der Waals surface area (Å²) in [4.78, 5) is 30.0. The second-order valence-electron chi connectivity index (χ2n) is 6.16. The van der Waals surface area contributed by atoms with E-state index in [1.165, 1.54) is 0 Å². The Morgan fingerprint density at radius 2 is 2.00 bits per heavy atom. The third-order valence-corrected chi connectivity index (χ3v) is 4.04. The van der Waals surface area contributed by atoms with Gasteiger partial charge in [-0.2, -0.15) is 0 Å². The molecule has 0 aromatic heterocycles. The van der Waals surface area contributed by atoms with Gasteiger partial charge in [-0.15, -0.1) is 0 Å². The highest BCUT2D eigenvalue weighted by Gasteiger charge is 2.38. The largest absolute Gasteiger partial charge is 0.391 e. The maximum Gasteiger partial charge on any atom is 0.312 e. The van der Waals surface area contributed by atoms with Crippen molar-refractivity contribution in [1.29, 1.82) is 0 Å². The molecule has 2 fully saturated rings. The van der Waals surface area contributed by atoms with Crippen LogP contribution in [0, 0.1) is 0 Å². The highest BCUT2D eigenvalue weighted by molar-refractivity contribution is 6.35. The van der Waals surface area contributed by atoms with Gasteiger partial charge in [0.25, 0.3) is 0 Å². The van der Waals surface area contributed by atoms with Crippen LogP contribution in [0.25, 0.3) is 0 Å². The molecular formula is C14H26N4O3. The number of nitrogens with zero attached hydrogens (tertiary/aromatic N) is 3. The van der Waals surface area contributed by atoms with Crippen LogP contribution in [-0.2, 0) is 9.59 Å². The molecule has 0 spiro atoms. The molecule has 2 heterocycles. The van der Waals surface area contributed by atoms with E-state index in [1.54, 1.807) is 9.80 Å². The Morgan fingerprint density at radius 1 is 1.24 bits per heavy atom. The maximum atomic E-state index is 12.5. The van der Waals surface area contributed by atoms with Crippen LogP contribution < -0.4 is 5.32 Å². The maximum absolute atomic E-state index is 12.5. The van der Waals surface area contributed by atoms with Crippen LogP contribution in [0.15, 0.2) is 0 Å². The third-order valence-electron chi connectivity index (χ3n) is 4.04. The molecule has 2 unspecified atom stereocenters. The van der Waals surface area contributed by atoms with Crippen molar-refractivity contribution in [2.75, 3.05) is 53.4 Å². The molecule has 2 rings (SSSR count). The van der Waals surface area contributed by atoms with Crippen LogP contribution in [0.5, 0.6) is 0 Å². The molecule has 120 valence electrons. The van der Waals surface area contributed by atoms with Crippen molar-refractivity contribution >= 4 is 11.8 Å². The fourth-order valence-corrected chi connectivity index (χ4v) is 3.04. The van der Waals surface area contributed by atoms with E-state index in [0.717, 1.165) is 19.5 Å². The minimum Gasteiger partial charge on any atom is -0.391 e. The first-order valence-electron chi connectivity index (χ1n) is 7.62. The quantitative estimate of drug-likeness (QED) is 0.596. The first-order valence-corrected chi connectivity index (χ1v) is 7.62. The summed E-state index contributed by atoms with van der Waals surface area (Å²) in [7, 11) is 3.85. The number of rotatable bonds is 2. The Hall–Kier alpha value is -1.18. The normalized spacial score (nSPS) is 27.0. The summed E-state index contributed by atoms with van der Waals surface area (Å²) in [6.45, 7) is 3.71. The number of amides is 2. The molecule has 0 aromatic rings. The zero-order valence-corrected chi connectivity index (χ0v) is 12.9. The number of likely N-dealkylation sites (N-methyl/N-ethyl adjacent to an activating group) is 1. The Labute approximate surface area is 125 Å². The van der Waals surface area contributed by atoms with Gasteiger partial charge in [0.1, 0.15) is 0 Å². The van der Waals surface area contributed by atoms with Gasteiger partial charge in [0.2, 0.25) is 0 Å². The average Bonchev–Trinajstić information content (AvgIpc) is 2.66. The summed E-state index contributed by atoms with van der Waals surface area (Å²) in [5.41, 5.74) is 0. The van der Waals surface area contributed by atoms with E-state index in [2.05, 4.69) is 5.32 Å². The molecule has 2 atom stereocenters. The van der Waals surface area contributed by atoms with Gasteiger partial charge in [-0.1, -0.05) is 0 Å². The predicted molar refractivity (Wildman–Crippen MR) is 78.7 cm³/mol. The third kappa shape index (κ3) is 4.15. The lowest BCUT2D eigenvalue weighted by Crippen LogP contribution is -2.50. The van der Waals surface area contributed by atoms with Gasteiger partial charge < -0.3 is 25.1 Å². The SMILES string of the molecule is CN(C)CC1CC(O)CN1C(=O)C(=O)N1CCCNCC1. The minimum absolute atomic E-state index is 0.0865. The standard InChI is InChI=1S/C14H26N4O3/c1-16(2)9-11-8-12(19)10-18(11)14(21)13(20)17-6-3-4-15-5-7-17/h11-12,15,19H,3-10H2,1-2H3. The van der Waals surface area contributed by atoms with Gasteiger partial charge >= 0.3 is 11.8 Å². The molecular weight excluding hydrogens is 272 g/mol. The number of β-amino-alcohol motifs (C(OH)–C–C–N with tert-alkyl or cyclic N) is 1. The Kier molecular flexibility index (Phi) is 5.55. The number of hydrogen-bond acceptors (Lipinski definition) is 5. The minimum atomic E-state index is -0.530. The summed E-state index contributed by atoms with van der Waals surface area (Å²) in [5.74, 6) is -0.906. The fraction of sp³-hybridized carbons (Fsp3) is 0.857. The Bertz CT molecular complexity index is 380.